The number of nitrogens with zero attached hydrogens (tertiary/aromatic N) is 3. The number of thioether (sulfide) groups is 1. The maximum atomic E-state index is 5.96. The normalized spacial score (nSPS) is 16.6. The summed E-state index contributed by atoms with van der Waals surface area (Å²) in [5, 5.41) is 0. The lowest BCUT2D eigenvalue weighted by atomic mass is 10.0. The molecule has 1 aliphatic rings. The molecule has 0 atom stereocenters. The molecular formula is C14H18N4S. The van der Waals surface area contributed by atoms with E-state index in [2.05, 4.69) is 26.3 Å². The highest BCUT2D eigenvalue weighted by molar-refractivity contribution is 7.99. The van der Waals surface area contributed by atoms with E-state index >= 15 is 0 Å². The van der Waals surface area contributed by atoms with Crippen LogP contribution in [0, 0.1) is 5.92 Å². The second-order valence-corrected chi connectivity index (χ2v) is 6.15. The highest BCUT2D eigenvalue weighted by Crippen LogP contribution is 2.28. The Kier molecular flexibility index (Phi) is 3.73. The van der Waals surface area contributed by atoms with E-state index in [1.165, 1.54) is 24.3 Å². The number of hydrogen-bond acceptors (Lipinski definition) is 4. The second-order valence-electron chi connectivity index (χ2n) is 4.92. The fraction of sp³-hybridized carbons (Fsp3) is 0.429. The molecule has 3 heterocycles. The van der Waals surface area contributed by atoms with Crippen molar-refractivity contribution in [3.05, 3.63) is 30.9 Å². The molecule has 0 saturated carbocycles. The van der Waals surface area contributed by atoms with Gasteiger partial charge in [0, 0.05) is 18.3 Å². The molecule has 0 aliphatic carbocycles. The van der Waals surface area contributed by atoms with Crippen LogP contribution in [0.4, 0.5) is 5.82 Å². The van der Waals surface area contributed by atoms with Crippen molar-refractivity contribution in [3.8, 4) is 11.3 Å². The molecule has 0 spiro atoms. The van der Waals surface area contributed by atoms with Crippen LogP contribution in [0.15, 0.2) is 30.9 Å². The van der Waals surface area contributed by atoms with Gasteiger partial charge in [-0.3, -0.25) is 0 Å². The first kappa shape index (κ1) is 12.5. The summed E-state index contributed by atoms with van der Waals surface area (Å²) in [6.45, 7) is 1.03. The maximum Gasteiger partial charge on any atom is 0.132 e. The van der Waals surface area contributed by atoms with Crippen LogP contribution in [0.25, 0.3) is 11.3 Å². The Morgan fingerprint density at radius 3 is 3.00 bits per heavy atom. The van der Waals surface area contributed by atoms with Crippen molar-refractivity contribution in [2.24, 2.45) is 5.92 Å². The van der Waals surface area contributed by atoms with Crippen LogP contribution in [0.1, 0.15) is 12.8 Å². The number of nitrogen functional groups attached to an aromatic ring is 1. The zero-order chi connectivity index (χ0) is 13.1. The van der Waals surface area contributed by atoms with E-state index in [4.69, 9.17) is 5.73 Å². The van der Waals surface area contributed by atoms with Gasteiger partial charge >= 0.3 is 0 Å². The molecule has 0 aromatic carbocycles. The number of aromatic nitrogens is 3. The first-order chi connectivity index (χ1) is 9.34. The van der Waals surface area contributed by atoms with Gasteiger partial charge in [0.2, 0.25) is 0 Å². The van der Waals surface area contributed by atoms with Gasteiger partial charge < -0.3 is 10.3 Å². The van der Waals surface area contributed by atoms with Crippen LogP contribution in [0.5, 0.6) is 0 Å². The topological polar surface area (TPSA) is 56.7 Å². The summed E-state index contributed by atoms with van der Waals surface area (Å²) in [5.74, 6) is 3.89. The molecule has 4 nitrogen and oxygen atoms in total. The maximum absolute atomic E-state index is 5.96. The van der Waals surface area contributed by atoms with Crippen molar-refractivity contribution in [1.29, 1.82) is 0 Å². The van der Waals surface area contributed by atoms with E-state index in [9.17, 15) is 0 Å². The average Bonchev–Trinajstić information content (AvgIpc) is 2.88. The van der Waals surface area contributed by atoms with E-state index < -0.39 is 0 Å². The minimum Gasteiger partial charge on any atom is -0.383 e. The van der Waals surface area contributed by atoms with Gasteiger partial charge in [-0.25, -0.2) is 9.97 Å². The molecule has 100 valence electrons. The number of hydrogen-bond donors (Lipinski definition) is 1. The fourth-order valence-corrected chi connectivity index (χ4v) is 3.74. The molecule has 1 aliphatic heterocycles. The van der Waals surface area contributed by atoms with Gasteiger partial charge in [0.25, 0.3) is 0 Å². The molecule has 19 heavy (non-hydrogen) atoms. The molecule has 0 bridgehead atoms. The highest BCUT2D eigenvalue weighted by Gasteiger charge is 2.16. The van der Waals surface area contributed by atoms with Gasteiger partial charge in [-0.1, -0.05) is 0 Å². The zero-order valence-corrected chi connectivity index (χ0v) is 11.6. The molecule has 3 rings (SSSR count). The number of rotatable bonds is 3. The van der Waals surface area contributed by atoms with E-state index in [1.54, 1.807) is 6.20 Å². The Morgan fingerprint density at radius 2 is 2.21 bits per heavy atom. The summed E-state index contributed by atoms with van der Waals surface area (Å²) in [5.41, 5.74) is 8.01. The van der Waals surface area contributed by atoms with E-state index in [-0.39, 0.29) is 0 Å². The molecule has 2 aromatic rings. The predicted octanol–water partition coefficient (Wildman–Crippen LogP) is 2.67. The molecular weight excluding hydrogens is 256 g/mol. The second kappa shape index (κ2) is 5.65. The fourth-order valence-electron chi connectivity index (χ4n) is 2.53. The Bertz CT molecular complexity index is 546. The molecule has 0 radical (unpaired) electrons. The standard InChI is InChI=1S/C14H18N4S/c15-14-12(2-1-5-17-14)13-8-16-10-18(13)9-11-3-6-19-7-4-11/h1-2,5,8,10-11H,3-4,6-7,9H2,(H2,15,17). The van der Waals surface area contributed by atoms with E-state index in [1.807, 2.05) is 24.7 Å². The monoisotopic (exact) mass is 274 g/mol. The van der Waals surface area contributed by atoms with E-state index in [0.29, 0.717) is 5.82 Å². The minimum atomic E-state index is 0.573. The number of imidazole rings is 1. The van der Waals surface area contributed by atoms with Crippen molar-refractivity contribution < 1.29 is 0 Å². The minimum absolute atomic E-state index is 0.573. The first-order valence-corrected chi connectivity index (χ1v) is 7.79. The summed E-state index contributed by atoms with van der Waals surface area (Å²) in [6, 6.07) is 3.92. The quantitative estimate of drug-likeness (QED) is 0.935. The van der Waals surface area contributed by atoms with Crippen LogP contribution >= 0.6 is 11.8 Å². The van der Waals surface area contributed by atoms with Crippen LogP contribution in [-0.2, 0) is 6.54 Å². The molecule has 1 saturated heterocycles. The average molecular weight is 274 g/mol. The summed E-state index contributed by atoms with van der Waals surface area (Å²) >= 11 is 2.06. The predicted molar refractivity (Wildman–Crippen MR) is 79.9 cm³/mol. The summed E-state index contributed by atoms with van der Waals surface area (Å²) in [7, 11) is 0. The first-order valence-electron chi connectivity index (χ1n) is 6.63. The lowest BCUT2D eigenvalue weighted by Crippen LogP contribution is -2.16. The zero-order valence-electron chi connectivity index (χ0n) is 10.8. The van der Waals surface area contributed by atoms with Crippen molar-refractivity contribution >= 4 is 17.6 Å². The van der Waals surface area contributed by atoms with Crippen LogP contribution in [0.2, 0.25) is 0 Å². The molecule has 1 fully saturated rings. The SMILES string of the molecule is Nc1ncccc1-c1cncn1CC1CCSCC1. The molecule has 0 amide bonds. The largest absolute Gasteiger partial charge is 0.383 e. The third-order valence-electron chi connectivity index (χ3n) is 3.62. The van der Waals surface area contributed by atoms with E-state index in [0.717, 1.165) is 23.7 Å². The van der Waals surface area contributed by atoms with Gasteiger partial charge in [-0.2, -0.15) is 11.8 Å². The van der Waals surface area contributed by atoms with Crippen LogP contribution < -0.4 is 5.73 Å². The van der Waals surface area contributed by atoms with Crippen molar-refractivity contribution in [1.82, 2.24) is 14.5 Å². The third-order valence-corrected chi connectivity index (χ3v) is 4.67. The van der Waals surface area contributed by atoms with Crippen LogP contribution in [0.3, 0.4) is 0 Å². The van der Waals surface area contributed by atoms with Crippen molar-refractivity contribution in [3.63, 3.8) is 0 Å². The highest BCUT2D eigenvalue weighted by atomic mass is 32.2. The molecule has 0 unspecified atom stereocenters. The Labute approximate surface area is 117 Å². The molecule has 2 aromatic heterocycles. The van der Waals surface area contributed by atoms with Crippen molar-refractivity contribution in [2.75, 3.05) is 17.2 Å². The summed E-state index contributed by atoms with van der Waals surface area (Å²) in [4.78, 5) is 8.44. The third kappa shape index (κ3) is 2.76. The number of pyridine rings is 1. The Morgan fingerprint density at radius 1 is 1.37 bits per heavy atom. The Balaban J connectivity index is 1.84. The van der Waals surface area contributed by atoms with Gasteiger partial charge in [0.1, 0.15) is 5.82 Å². The van der Waals surface area contributed by atoms with Crippen LogP contribution in [-0.4, -0.2) is 26.0 Å². The lowest BCUT2D eigenvalue weighted by molar-refractivity contribution is 0.418. The Hall–Kier alpha value is -1.49. The van der Waals surface area contributed by atoms with Gasteiger partial charge in [-0.05, 0) is 42.4 Å². The number of nitrogens with two attached hydrogens (primary N) is 1. The van der Waals surface area contributed by atoms with Gasteiger partial charge in [-0.15, -0.1) is 0 Å². The summed E-state index contributed by atoms with van der Waals surface area (Å²) < 4.78 is 2.22. The molecule has 5 heteroatoms. The van der Waals surface area contributed by atoms with Gasteiger partial charge in [0.15, 0.2) is 0 Å². The van der Waals surface area contributed by atoms with Crippen molar-refractivity contribution in [2.45, 2.75) is 19.4 Å². The smallest absolute Gasteiger partial charge is 0.132 e. The molecule has 2 N–H and O–H groups in total. The lowest BCUT2D eigenvalue weighted by Gasteiger charge is -2.22. The van der Waals surface area contributed by atoms with Gasteiger partial charge in [0.05, 0.1) is 18.2 Å². The summed E-state index contributed by atoms with van der Waals surface area (Å²) in [6.07, 6.45) is 8.10. The number of anilines is 1.